The molecule has 0 fully saturated rings. The second kappa shape index (κ2) is 8.82. The minimum atomic E-state index is -0.217. The summed E-state index contributed by atoms with van der Waals surface area (Å²) in [4.78, 5) is 31.6. The molecular formula is C27H27N3O4. The Hall–Kier alpha value is -3.87. The topological polar surface area (TPSA) is 81.9 Å². The van der Waals surface area contributed by atoms with Gasteiger partial charge in [-0.3, -0.25) is 14.0 Å². The number of fused-ring (bicyclic) bond motifs is 5. The van der Waals surface area contributed by atoms with Crippen molar-refractivity contribution in [2.75, 3.05) is 20.8 Å². The van der Waals surface area contributed by atoms with Crippen molar-refractivity contribution in [3.05, 3.63) is 58.5 Å². The lowest BCUT2D eigenvalue weighted by Gasteiger charge is -2.13. The molecule has 34 heavy (non-hydrogen) atoms. The van der Waals surface area contributed by atoms with Gasteiger partial charge in [0.2, 0.25) is 0 Å². The molecule has 3 aromatic heterocycles. The van der Waals surface area contributed by atoms with Crippen LogP contribution in [0.1, 0.15) is 43.1 Å². The van der Waals surface area contributed by atoms with Gasteiger partial charge in [0, 0.05) is 22.7 Å². The van der Waals surface area contributed by atoms with E-state index >= 15 is 0 Å². The molecule has 5 rings (SSSR count). The van der Waals surface area contributed by atoms with Crippen LogP contribution in [0.2, 0.25) is 0 Å². The highest BCUT2D eigenvalue weighted by atomic mass is 16.5. The zero-order valence-electron chi connectivity index (χ0n) is 19.6. The van der Waals surface area contributed by atoms with Crippen molar-refractivity contribution >= 4 is 44.0 Å². The highest BCUT2D eigenvalue weighted by Crippen LogP contribution is 2.39. The molecule has 0 saturated heterocycles. The van der Waals surface area contributed by atoms with Crippen LogP contribution in [0.4, 0.5) is 0 Å². The molecule has 0 saturated carbocycles. The minimum absolute atomic E-state index is 0.209. The van der Waals surface area contributed by atoms with Crippen LogP contribution >= 0.6 is 0 Å². The molecule has 0 spiro atoms. The number of para-hydroxylation sites is 1. The number of methoxy groups -OCH3 is 2. The smallest absolute Gasteiger partial charge is 0.269 e. The van der Waals surface area contributed by atoms with E-state index in [9.17, 15) is 9.59 Å². The van der Waals surface area contributed by atoms with Gasteiger partial charge in [0.05, 0.1) is 36.2 Å². The highest BCUT2D eigenvalue weighted by Gasteiger charge is 2.23. The molecule has 0 aliphatic carbocycles. The van der Waals surface area contributed by atoms with Gasteiger partial charge in [-0.2, -0.15) is 0 Å². The van der Waals surface area contributed by atoms with Crippen LogP contribution in [0.15, 0.2) is 47.3 Å². The van der Waals surface area contributed by atoms with Crippen molar-refractivity contribution in [3.8, 4) is 11.5 Å². The Morgan fingerprint density at radius 3 is 2.59 bits per heavy atom. The third-order valence-corrected chi connectivity index (χ3v) is 6.42. The number of hydrogen-bond donors (Lipinski definition) is 1. The number of nitrogens with zero attached hydrogens (tertiary/aromatic N) is 2. The Morgan fingerprint density at radius 1 is 1.00 bits per heavy atom. The summed E-state index contributed by atoms with van der Waals surface area (Å²) >= 11 is 0. The summed E-state index contributed by atoms with van der Waals surface area (Å²) in [6, 6.07) is 13.1. The first-order valence-corrected chi connectivity index (χ1v) is 11.6. The second-order valence-electron chi connectivity index (χ2n) is 8.45. The maximum atomic E-state index is 13.8. The average Bonchev–Trinajstić information content (AvgIpc) is 3.21. The van der Waals surface area contributed by atoms with E-state index in [4.69, 9.17) is 14.5 Å². The van der Waals surface area contributed by atoms with E-state index < -0.39 is 0 Å². The number of hydrogen-bond acceptors (Lipinski definition) is 5. The van der Waals surface area contributed by atoms with Gasteiger partial charge in [-0.25, -0.2) is 4.98 Å². The predicted molar refractivity (Wildman–Crippen MR) is 135 cm³/mol. The fourth-order valence-corrected chi connectivity index (χ4v) is 4.79. The lowest BCUT2D eigenvalue weighted by Crippen LogP contribution is -2.25. The van der Waals surface area contributed by atoms with Crippen LogP contribution in [0.3, 0.4) is 0 Å². The molecule has 0 aliphatic heterocycles. The number of carbonyl (C=O) groups is 1. The van der Waals surface area contributed by atoms with Gasteiger partial charge >= 0.3 is 0 Å². The fourth-order valence-electron chi connectivity index (χ4n) is 4.79. The molecule has 1 amide bonds. The van der Waals surface area contributed by atoms with Gasteiger partial charge in [0.1, 0.15) is 5.69 Å². The first-order valence-electron chi connectivity index (χ1n) is 11.6. The summed E-state index contributed by atoms with van der Waals surface area (Å²) in [6.45, 7) is 2.77. The van der Waals surface area contributed by atoms with Crippen LogP contribution in [-0.4, -0.2) is 36.1 Å². The van der Waals surface area contributed by atoms with Crippen molar-refractivity contribution in [3.63, 3.8) is 0 Å². The van der Waals surface area contributed by atoms with Crippen molar-refractivity contribution in [1.29, 1.82) is 0 Å². The number of rotatable bonds is 8. The van der Waals surface area contributed by atoms with E-state index in [1.165, 1.54) is 14.2 Å². The molecule has 0 unspecified atom stereocenters. The summed E-state index contributed by atoms with van der Waals surface area (Å²) in [5.74, 6) is 0.603. The summed E-state index contributed by atoms with van der Waals surface area (Å²) in [5.41, 5.74) is 2.17. The predicted octanol–water partition coefficient (Wildman–Crippen LogP) is 4.92. The first-order chi connectivity index (χ1) is 16.6. The number of aromatic nitrogens is 2. The van der Waals surface area contributed by atoms with E-state index in [1.807, 2.05) is 30.3 Å². The van der Waals surface area contributed by atoms with Crippen molar-refractivity contribution in [2.45, 2.75) is 32.6 Å². The molecule has 2 aromatic carbocycles. The van der Waals surface area contributed by atoms with Crippen molar-refractivity contribution < 1.29 is 14.3 Å². The number of ether oxygens (including phenoxy) is 2. The fraction of sp³-hybridized carbons (Fsp3) is 0.296. The Labute approximate surface area is 196 Å². The zero-order chi connectivity index (χ0) is 23.8. The Kier molecular flexibility index (Phi) is 5.69. The van der Waals surface area contributed by atoms with E-state index in [-0.39, 0.29) is 11.5 Å². The van der Waals surface area contributed by atoms with Gasteiger partial charge in [-0.15, -0.1) is 0 Å². The third kappa shape index (κ3) is 3.31. The molecule has 0 radical (unpaired) electrons. The zero-order valence-corrected chi connectivity index (χ0v) is 19.6. The molecule has 174 valence electrons. The minimum Gasteiger partial charge on any atom is -0.493 e. The van der Waals surface area contributed by atoms with Crippen LogP contribution in [-0.2, 0) is 0 Å². The molecule has 7 heteroatoms. The molecular weight excluding hydrogens is 430 g/mol. The largest absolute Gasteiger partial charge is 0.493 e. The molecule has 5 aromatic rings. The van der Waals surface area contributed by atoms with E-state index in [0.717, 1.165) is 42.0 Å². The summed E-state index contributed by atoms with van der Waals surface area (Å²) in [6.07, 6.45) is 4.31. The van der Waals surface area contributed by atoms with Crippen LogP contribution in [0.25, 0.3) is 38.1 Å². The molecule has 0 bridgehead atoms. The molecule has 3 heterocycles. The van der Waals surface area contributed by atoms with Gasteiger partial charge in [0.15, 0.2) is 11.5 Å². The Morgan fingerprint density at radius 2 is 1.82 bits per heavy atom. The van der Waals surface area contributed by atoms with Gasteiger partial charge in [-0.05, 0) is 30.7 Å². The summed E-state index contributed by atoms with van der Waals surface area (Å²) in [7, 11) is 3.05. The standard InChI is InChI=1S/C27H27N3O4/c1-4-5-6-9-14-28-26(31)19-15-18-16-10-7-8-11-20(16)30-24(18)23(29-19)17-12-13-21(33-2)25(34-3)22(17)27(30)32/h7-8,10-13,15H,4-6,9,14H2,1-3H3,(H,28,31). The number of nitrogens with one attached hydrogen (secondary N) is 1. The molecule has 0 atom stereocenters. The highest BCUT2D eigenvalue weighted by molar-refractivity contribution is 6.21. The number of unbranched alkanes of at least 4 members (excludes halogenated alkanes) is 3. The van der Waals surface area contributed by atoms with Gasteiger partial charge < -0.3 is 14.8 Å². The molecule has 7 nitrogen and oxygen atoms in total. The Balaban J connectivity index is 1.80. The van der Waals surface area contributed by atoms with E-state index in [0.29, 0.717) is 45.5 Å². The molecule has 0 aliphatic rings. The van der Waals surface area contributed by atoms with Crippen LogP contribution < -0.4 is 20.3 Å². The lowest BCUT2D eigenvalue weighted by atomic mass is 10.1. The van der Waals surface area contributed by atoms with Gasteiger partial charge in [0.25, 0.3) is 11.5 Å². The monoisotopic (exact) mass is 457 g/mol. The number of amides is 1. The number of benzene rings is 2. The normalized spacial score (nSPS) is 11.6. The number of pyridine rings is 2. The summed E-state index contributed by atoms with van der Waals surface area (Å²) in [5, 5.41) is 5.72. The Bertz CT molecular complexity index is 1590. The van der Waals surface area contributed by atoms with Gasteiger partial charge in [-0.1, -0.05) is 44.4 Å². The molecule has 1 N–H and O–H groups in total. The van der Waals surface area contributed by atoms with Crippen molar-refractivity contribution in [2.24, 2.45) is 0 Å². The summed E-state index contributed by atoms with van der Waals surface area (Å²) < 4.78 is 12.7. The quantitative estimate of drug-likeness (QED) is 0.264. The second-order valence-corrected chi connectivity index (χ2v) is 8.45. The van der Waals surface area contributed by atoms with E-state index in [1.54, 1.807) is 16.5 Å². The van der Waals surface area contributed by atoms with E-state index in [2.05, 4.69) is 12.2 Å². The maximum Gasteiger partial charge on any atom is 0.269 e. The third-order valence-electron chi connectivity index (χ3n) is 6.42. The average molecular weight is 458 g/mol. The van der Waals surface area contributed by atoms with Crippen LogP contribution in [0, 0.1) is 0 Å². The lowest BCUT2D eigenvalue weighted by molar-refractivity contribution is 0.0948. The SMILES string of the molecule is CCCCCCNC(=O)c1cc2c3ccccc3n3c(=O)c4c(OC)c(OC)ccc4c(n1)c23. The first kappa shape index (κ1) is 21.9. The maximum absolute atomic E-state index is 13.8. The number of carbonyl (C=O) groups excluding carboxylic acids is 1. The van der Waals surface area contributed by atoms with Crippen molar-refractivity contribution in [1.82, 2.24) is 14.7 Å². The van der Waals surface area contributed by atoms with Crippen LogP contribution in [0.5, 0.6) is 11.5 Å².